The first-order chi connectivity index (χ1) is 14.1. The van der Waals surface area contributed by atoms with Crippen LogP contribution in [0.3, 0.4) is 0 Å². The first-order valence-electron chi connectivity index (χ1n) is 9.39. The van der Waals surface area contributed by atoms with Crippen molar-refractivity contribution in [3.8, 4) is 5.75 Å². The lowest BCUT2D eigenvalue weighted by Crippen LogP contribution is -2.20. The summed E-state index contributed by atoms with van der Waals surface area (Å²) in [7, 11) is 1.63. The van der Waals surface area contributed by atoms with Gasteiger partial charge in [0.2, 0.25) is 0 Å². The van der Waals surface area contributed by atoms with Crippen LogP contribution in [0.2, 0.25) is 0 Å². The van der Waals surface area contributed by atoms with Gasteiger partial charge in [0.05, 0.1) is 7.11 Å². The zero-order chi connectivity index (χ0) is 20.6. The lowest BCUT2D eigenvalue weighted by molar-refractivity contribution is -0.142. The van der Waals surface area contributed by atoms with E-state index in [0.29, 0.717) is 0 Å². The fraction of sp³-hybridized carbons (Fsp3) is 0.167. The molecule has 148 valence electrons. The number of hydrogen-bond acceptors (Lipinski definition) is 4. The van der Waals surface area contributed by atoms with Crippen LogP contribution in [0, 0.1) is 0 Å². The zero-order valence-electron chi connectivity index (χ0n) is 16.5. The van der Waals surface area contributed by atoms with Crippen molar-refractivity contribution in [2.45, 2.75) is 13.3 Å². The number of benzene rings is 3. The van der Waals surface area contributed by atoms with Crippen LogP contribution in [0.1, 0.15) is 18.1 Å². The normalized spacial score (nSPS) is 10.8. The van der Waals surface area contributed by atoms with Crippen LogP contribution in [0.15, 0.2) is 66.7 Å². The lowest BCUT2D eigenvalue weighted by Gasteiger charge is -2.09. The summed E-state index contributed by atoms with van der Waals surface area (Å²) in [5, 5.41) is 4.86. The van der Waals surface area contributed by atoms with Gasteiger partial charge in [-0.15, -0.1) is 0 Å². The van der Waals surface area contributed by atoms with E-state index in [9.17, 15) is 9.59 Å². The maximum absolute atomic E-state index is 12.0. The molecule has 0 atom stereocenters. The lowest BCUT2D eigenvalue weighted by atomic mass is 10.1. The Morgan fingerprint density at radius 2 is 1.76 bits per heavy atom. The molecule has 0 aliphatic heterocycles. The van der Waals surface area contributed by atoms with Crippen molar-refractivity contribution in [2.24, 2.45) is 0 Å². The van der Waals surface area contributed by atoms with Crippen molar-refractivity contribution < 1.29 is 19.1 Å². The maximum atomic E-state index is 12.0. The van der Waals surface area contributed by atoms with Crippen molar-refractivity contribution in [2.75, 3.05) is 19.0 Å². The summed E-state index contributed by atoms with van der Waals surface area (Å²) in [6.07, 6.45) is 3.78. The van der Waals surface area contributed by atoms with E-state index in [-0.39, 0.29) is 12.5 Å². The maximum Gasteiger partial charge on any atom is 0.331 e. The summed E-state index contributed by atoms with van der Waals surface area (Å²) in [5.74, 6) is -0.143. The van der Waals surface area contributed by atoms with Crippen LogP contribution in [-0.4, -0.2) is 25.6 Å². The van der Waals surface area contributed by atoms with Crippen molar-refractivity contribution >= 4 is 34.4 Å². The summed E-state index contributed by atoms with van der Waals surface area (Å²) in [6, 6.07) is 19.2. The Bertz CT molecular complexity index is 1060. The number of fused-ring (bicyclic) bond motifs is 1. The summed E-state index contributed by atoms with van der Waals surface area (Å²) in [5.41, 5.74) is 2.63. The highest BCUT2D eigenvalue weighted by Gasteiger charge is 2.08. The standard InChI is InChI=1S/C24H23NO4/c1-3-18-6-4-5-7-22(18)25-23(26)16-29-24(27)13-9-17-8-10-20-15-21(28-2)12-11-19(20)14-17/h4-15H,3,16H2,1-2H3,(H,25,26)/b13-9+. The smallest absolute Gasteiger partial charge is 0.331 e. The van der Waals surface area contributed by atoms with Crippen LogP contribution < -0.4 is 10.1 Å². The first kappa shape index (κ1) is 20.1. The highest BCUT2D eigenvalue weighted by molar-refractivity contribution is 5.95. The van der Waals surface area contributed by atoms with Crippen LogP contribution >= 0.6 is 0 Å². The van der Waals surface area contributed by atoms with Gasteiger partial charge in [-0.1, -0.05) is 43.3 Å². The molecule has 0 unspecified atom stereocenters. The predicted octanol–water partition coefficient (Wildman–Crippen LogP) is 4.61. The third-order valence-corrected chi connectivity index (χ3v) is 4.50. The van der Waals surface area contributed by atoms with E-state index in [1.54, 1.807) is 13.2 Å². The minimum Gasteiger partial charge on any atom is -0.497 e. The number of hydrogen-bond donors (Lipinski definition) is 1. The van der Waals surface area contributed by atoms with Gasteiger partial charge >= 0.3 is 5.97 Å². The molecular weight excluding hydrogens is 366 g/mol. The molecule has 1 amide bonds. The number of para-hydroxylation sites is 1. The topological polar surface area (TPSA) is 64.6 Å². The second-order valence-corrected chi connectivity index (χ2v) is 6.47. The molecule has 3 rings (SSSR count). The number of anilines is 1. The quantitative estimate of drug-likeness (QED) is 0.474. The summed E-state index contributed by atoms with van der Waals surface area (Å²) < 4.78 is 10.3. The molecule has 3 aromatic rings. The zero-order valence-corrected chi connectivity index (χ0v) is 16.5. The molecule has 1 N–H and O–H groups in total. The molecule has 0 saturated heterocycles. The number of amides is 1. The Balaban J connectivity index is 1.55. The molecule has 29 heavy (non-hydrogen) atoms. The highest BCUT2D eigenvalue weighted by atomic mass is 16.5. The average Bonchev–Trinajstić information content (AvgIpc) is 2.76. The van der Waals surface area contributed by atoms with E-state index < -0.39 is 5.97 Å². The third-order valence-electron chi connectivity index (χ3n) is 4.50. The number of aryl methyl sites for hydroxylation is 1. The van der Waals surface area contributed by atoms with Crippen molar-refractivity contribution in [3.63, 3.8) is 0 Å². The Kier molecular flexibility index (Phi) is 6.63. The van der Waals surface area contributed by atoms with E-state index in [2.05, 4.69) is 5.32 Å². The highest BCUT2D eigenvalue weighted by Crippen LogP contribution is 2.22. The third kappa shape index (κ3) is 5.45. The number of carbonyl (C=O) groups excluding carboxylic acids is 2. The van der Waals surface area contributed by atoms with E-state index in [4.69, 9.17) is 9.47 Å². The first-order valence-corrected chi connectivity index (χ1v) is 9.39. The Hall–Kier alpha value is -3.60. The predicted molar refractivity (Wildman–Crippen MR) is 115 cm³/mol. The Morgan fingerprint density at radius 3 is 2.55 bits per heavy atom. The molecule has 5 heteroatoms. The van der Waals surface area contributed by atoms with E-state index in [1.807, 2.05) is 67.6 Å². The van der Waals surface area contributed by atoms with Gasteiger partial charge in [0.1, 0.15) is 5.75 Å². The number of rotatable bonds is 7. The second kappa shape index (κ2) is 9.55. The second-order valence-electron chi connectivity index (χ2n) is 6.47. The number of nitrogens with one attached hydrogen (secondary N) is 1. The van der Waals surface area contributed by atoms with Gasteiger partial charge < -0.3 is 14.8 Å². The number of ether oxygens (including phenoxy) is 2. The van der Waals surface area contributed by atoms with Gasteiger partial charge in [-0.05, 0) is 58.7 Å². The molecular formula is C24H23NO4. The molecule has 0 radical (unpaired) electrons. The summed E-state index contributed by atoms with van der Waals surface area (Å²) in [4.78, 5) is 24.0. The monoisotopic (exact) mass is 389 g/mol. The summed E-state index contributed by atoms with van der Waals surface area (Å²) >= 11 is 0. The number of carbonyl (C=O) groups is 2. The molecule has 0 spiro atoms. The fourth-order valence-electron chi connectivity index (χ4n) is 2.96. The molecule has 0 fully saturated rings. The van der Waals surface area contributed by atoms with Crippen LogP contribution in [0.5, 0.6) is 5.75 Å². The number of methoxy groups -OCH3 is 1. The van der Waals surface area contributed by atoms with Gasteiger partial charge in [0, 0.05) is 11.8 Å². The van der Waals surface area contributed by atoms with Crippen LogP contribution in [0.4, 0.5) is 5.69 Å². The Morgan fingerprint density at radius 1 is 1.00 bits per heavy atom. The van der Waals surface area contributed by atoms with E-state index in [0.717, 1.165) is 39.8 Å². The van der Waals surface area contributed by atoms with E-state index in [1.165, 1.54) is 6.08 Å². The van der Waals surface area contributed by atoms with Gasteiger partial charge in [0.15, 0.2) is 6.61 Å². The molecule has 0 saturated carbocycles. The van der Waals surface area contributed by atoms with Gasteiger partial charge in [-0.2, -0.15) is 0 Å². The fourth-order valence-corrected chi connectivity index (χ4v) is 2.96. The molecule has 0 heterocycles. The molecule has 0 aromatic heterocycles. The minimum absolute atomic E-state index is 0.335. The molecule has 0 bridgehead atoms. The number of esters is 1. The summed E-state index contributed by atoms with van der Waals surface area (Å²) in [6.45, 7) is 1.68. The average molecular weight is 389 g/mol. The van der Waals surface area contributed by atoms with Crippen LogP contribution in [0.25, 0.3) is 16.8 Å². The SMILES string of the molecule is CCc1ccccc1NC(=O)COC(=O)/C=C/c1ccc2cc(OC)ccc2c1. The molecule has 0 aliphatic carbocycles. The van der Waals surface area contributed by atoms with Gasteiger partial charge in [0.25, 0.3) is 5.91 Å². The van der Waals surface area contributed by atoms with Gasteiger partial charge in [-0.3, -0.25) is 4.79 Å². The van der Waals surface area contributed by atoms with Crippen molar-refractivity contribution in [1.29, 1.82) is 0 Å². The Labute approximate surface area is 170 Å². The van der Waals surface area contributed by atoms with E-state index >= 15 is 0 Å². The van der Waals surface area contributed by atoms with Crippen LogP contribution in [-0.2, 0) is 20.7 Å². The van der Waals surface area contributed by atoms with Crippen molar-refractivity contribution in [3.05, 3.63) is 77.9 Å². The minimum atomic E-state index is -0.571. The molecule has 5 nitrogen and oxygen atoms in total. The van der Waals surface area contributed by atoms with Gasteiger partial charge in [-0.25, -0.2) is 4.79 Å². The van der Waals surface area contributed by atoms with Crippen molar-refractivity contribution in [1.82, 2.24) is 0 Å². The molecule has 0 aliphatic rings. The molecule has 3 aromatic carbocycles. The largest absolute Gasteiger partial charge is 0.497 e.